The minimum Gasteiger partial charge on any atom is -0.323 e. The van der Waals surface area contributed by atoms with Gasteiger partial charge in [0, 0.05) is 44.6 Å². The standard InChI is InChI=1S/C25H34N8O/c1-18(2)22-6-5-9-26-24(22)17-32(16-23-20(4)14-19(3)15-27-23)21-7-11-31(12-8-21)25(34)29-33-13-10-28-30-33/h5-6,9-10,13-15,18,21H,7-8,11-12,16-17H2,1-4H3,(H,29,34). The number of hydrogen-bond donors (Lipinski definition) is 1. The van der Waals surface area contributed by atoms with Crippen LogP contribution in [0.15, 0.2) is 43.0 Å². The molecule has 3 aromatic heterocycles. The van der Waals surface area contributed by atoms with Crippen LogP contribution in [0.3, 0.4) is 0 Å². The number of aromatic nitrogens is 5. The average Bonchev–Trinajstić information content (AvgIpc) is 3.33. The first-order valence-corrected chi connectivity index (χ1v) is 11.9. The molecule has 0 aromatic carbocycles. The van der Waals surface area contributed by atoms with Gasteiger partial charge in [-0.25, -0.2) is 10.2 Å². The van der Waals surface area contributed by atoms with Gasteiger partial charge in [0.25, 0.3) is 0 Å². The Morgan fingerprint density at radius 2 is 1.91 bits per heavy atom. The summed E-state index contributed by atoms with van der Waals surface area (Å²) in [6.07, 6.45) is 8.75. The van der Waals surface area contributed by atoms with Gasteiger partial charge < -0.3 is 4.90 Å². The van der Waals surface area contributed by atoms with Gasteiger partial charge in [0.1, 0.15) is 0 Å². The van der Waals surface area contributed by atoms with Gasteiger partial charge in [0.2, 0.25) is 0 Å². The van der Waals surface area contributed by atoms with E-state index in [0.29, 0.717) is 25.0 Å². The quantitative estimate of drug-likeness (QED) is 0.576. The number of pyridine rings is 2. The lowest BCUT2D eigenvalue weighted by Crippen LogP contribution is -2.48. The van der Waals surface area contributed by atoms with Crippen LogP contribution in [-0.4, -0.2) is 60.0 Å². The van der Waals surface area contributed by atoms with Crippen molar-refractivity contribution in [3.05, 3.63) is 71.1 Å². The number of likely N-dealkylation sites (tertiary alicyclic amines) is 1. The first-order valence-electron chi connectivity index (χ1n) is 11.9. The molecule has 0 bridgehead atoms. The molecule has 1 aliphatic heterocycles. The molecule has 9 nitrogen and oxygen atoms in total. The number of amides is 2. The lowest BCUT2D eigenvalue weighted by Gasteiger charge is -2.38. The fraction of sp³-hybridized carbons (Fsp3) is 0.480. The number of urea groups is 1. The minimum atomic E-state index is -0.154. The number of nitrogens with one attached hydrogen (secondary N) is 1. The summed E-state index contributed by atoms with van der Waals surface area (Å²) in [5.41, 5.74) is 8.62. The van der Waals surface area contributed by atoms with Crippen molar-refractivity contribution >= 4 is 6.03 Å². The molecule has 1 N–H and O–H groups in total. The summed E-state index contributed by atoms with van der Waals surface area (Å²) in [7, 11) is 0. The predicted octanol–water partition coefficient (Wildman–Crippen LogP) is 3.64. The number of carbonyl (C=O) groups excluding carboxylic acids is 1. The summed E-state index contributed by atoms with van der Waals surface area (Å²) in [4.78, 5) is 27.8. The lowest BCUT2D eigenvalue weighted by molar-refractivity contribution is 0.106. The van der Waals surface area contributed by atoms with Crippen LogP contribution in [-0.2, 0) is 13.1 Å². The molecule has 4 heterocycles. The maximum Gasteiger partial charge on any atom is 0.337 e. The van der Waals surface area contributed by atoms with Crippen LogP contribution in [0.25, 0.3) is 0 Å². The molecule has 1 saturated heterocycles. The van der Waals surface area contributed by atoms with E-state index in [4.69, 9.17) is 9.97 Å². The summed E-state index contributed by atoms with van der Waals surface area (Å²) >= 11 is 0. The van der Waals surface area contributed by atoms with Crippen molar-refractivity contribution in [3.63, 3.8) is 0 Å². The number of carbonyl (C=O) groups is 1. The highest BCUT2D eigenvalue weighted by Crippen LogP contribution is 2.25. The van der Waals surface area contributed by atoms with Gasteiger partial charge in [-0.05, 0) is 60.6 Å². The molecular weight excluding hydrogens is 428 g/mol. The van der Waals surface area contributed by atoms with Crippen molar-refractivity contribution in [2.45, 2.75) is 65.6 Å². The molecule has 9 heteroatoms. The molecule has 0 unspecified atom stereocenters. The highest BCUT2D eigenvalue weighted by atomic mass is 16.2. The summed E-state index contributed by atoms with van der Waals surface area (Å²) in [6.45, 7) is 11.5. The molecule has 0 radical (unpaired) electrons. The molecule has 0 aliphatic carbocycles. The molecule has 180 valence electrons. The van der Waals surface area contributed by atoms with E-state index in [0.717, 1.165) is 37.3 Å². The molecule has 1 fully saturated rings. The Hall–Kier alpha value is -3.33. The summed E-state index contributed by atoms with van der Waals surface area (Å²) in [5.74, 6) is 0.409. The zero-order valence-electron chi connectivity index (χ0n) is 20.5. The van der Waals surface area contributed by atoms with E-state index in [1.54, 1.807) is 6.20 Å². The zero-order valence-corrected chi connectivity index (χ0v) is 20.5. The van der Waals surface area contributed by atoms with Gasteiger partial charge in [0.05, 0.1) is 23.8 Å². The van der Waals surface area contributed by atoms with Crippen molar-refractivity contribution in [1.82, 2.24) is 34.9 Å². The SMILES string of the molecule is Cc1cnc(CN(Cc2ncccc2C(C)C)C2CCN(C(=O)Nn3ccnn3)CC2)c(C)c1. The number of nitrogens with zero attached hydrogens (tertiary/aromatic N) is 7. The van der Waals surface area contributed by atoms with E-state index >= 15 is 0 Å². The monoisotopic (exact) mass is 462 g/mol. The Labute approximate surface area is 201 Å². The molecule has 4 rings (SSSR count). The maximum atomic E-state index is 12.6. The van der Waals surface area contributed by atoms with Crippen LogP contribution in [0.4, 0.5) is 4.79 Å². The fourth-order valence-electron chi connectivity index (χ4n) is 4.59. The Balaban J connectivity index is 1.49. The van der Waals surface area contributed by atoms with Crippen molar-refractivity contribution in [1.29, 1.82) is 0 Å². The first-order chi connectivity index (χ1) is 16.4. The third-order valence-corrected chi connectivity index (χ3v) is 6.48. The van der Waals surface area contributed by atoms with Gasteiger partial charge in [-0.1, -0.05) is 26.0 Å². The Bertz CT molecular complexity index is 1090. The van der Waals surface area contributed by atoms with E-state index in [2.05, 4.69) is 60.5 Å². The number of piperidine rings is 1. The molecule has 34 heavy (non-hydrogen) atoms. The van der Waals surface area contributed by atoms with Crippen molar-refractivity contribution in [3.8, 4) is 0 Å². The van der Waals surface area contributed by atoms with Crippen molar-refractivity contribution in [2.24, 2.45) is 0 Å². The summed E-state index contributed by atoms with van der Waals surface area (Å²) in [6, 6.07) is 6.56. The molecular formula is C25H34N8O. The molecule has 0 atom stereocenters. The van der Waals surface area contributed by atoms with Gasteiger partial charge in [0.15, 0.2) is 0 Å². The van der Waals surface area contributed by atoms with Gasteiger partial charge >= 0.3 is 6.03 Å². The van der Waals surface area contributed by atoms with Crippen LogP contribution in [0, 0.1) is 13.8 Å². The van der Waals surface area contributed by atoms with Crippen LogP contribution in [0.1, 0.15) is 60.7 Å². The maximum absolute atomic E-state index is 12.6. The molecule has 2 amide bonds. The van der Waals surface area contributed by atoms with E-state index in [1.165, 1.54) is 27.7 Å². The van der Waals surface area contributed by atoms with Crippen molar-refractivity contribution < 1.29 is 4.79 Å². The molecule has 3 aromatic rings. The Morgan fingerprint density at radius 1 is 1.15 bits per heavy atom. The smallest absolute Gasteiger partial charge is 0.323 e. The van der Waals surface area contributed by atoms with Gasteiger partial charge in [-0.15, -0.1) is 5.10 Å². The second-order valence-corrected chi connectivity index (χ2v) is 9.36. The fourth-order valence-corrected chi connectivity index (χ4v) is 4.59. The summed E-state index contributed by atoms with van der Waals surface area (Å²) < 4.78 is 0. The number of aryl methyl sites for hydroxylation is 2. The Morgan fingerprint density at radius 3 is 2.59 bits per heavy atom. The van der Waals surface area contributed by atoms with Crippen LogP contribution < -0.4 is 5.43 Å². The van der Waals surface area contributed by atoms with Gasteiger partial charge in [-0.2, -0.15) is 4.79 Å². The van der Waals surface area contributed by atoms with E-state index < -0.39 is 0 Å². The lowest BCUT2D eigenvalue weighted by atomic mass is 9.98. The highest BCUT2D eigenvalue weighted by Gasteiger charge is 2.28. The number of rotatable bonds is 7. The second kappa shape index (κ2) is 10.7. The second-order valence-electron chi connectivity index (χ2n) is 9.36. The highest BCUT2D eigenvalue weighted by molar-refractivity contribution is 5.81. The van der Waals surface area contributed by atoms with Crippen LogP contribution >= 0.6 is 0 Å². The zero-order chi connectivity index (χ0) is 24.1. The van der Waals surface area contributed by atoms with Crippen LogP contribution in [0.2, 0.25) is 0 Å². The Kier molecular flexibility index (Phi) is 7.52. The topological polar surface area (TPSA) is 92.1 Å². The van der Waals surface area contributed by atoms with E-state index in [1.807, 2.05) is 23.4 Å². The third-order valence-electron chi connectivity index (χ3n) is 6.48. The molecule has 0 spiro atoms. The average molecular weight is 463 g/mol. The third kappa shape index (κ3) is 5.77. The number of hydrogen-bond acceptors (Lipinski definition) is 6. The van der Waals surface area contributed by atoms with E-state index in [9.17, 15) is 4.79 Å². The van der Waals surface area contributed by atoms with Crippen molar-refractivity contribution in [2.75, 3.05) is 18.5 Å². The van der Waals surface area contributed by atoms with Gasteiger partial charge in [-0.3, -0.25) is 14.9 Å². The molecule has 1 aliphatic rings. The minimum absolute atomic E-state index is 0.154. The van der Waals surface area contributed by atoms with Crippen LogP contribution in [0.5, 0.6) is 0 Å². The molecule has 0 saturated carbocycles. The summed E-state index contributed by atoms with van der Waals surface area (Å²) in [5, 5.41) is 7.54. The first kappa shape index (κ1) is 23.8. The normalized spacial score (nSPS) is 14.7. The van der Waals surface area contributed by atoms with E-state index in [-0.39, 0.29) is 6.03 Å². The largest absolute Gasteiger partial charge is 0.337 e. The predicted molar refractivity (Wildman–Crippen MR) is 131 cm³/mol.